The van der Waals surface area contributed by atoms with E-state index in [4.69, 9.17) is 4.74 Å². The lowest BCUT2D eigenvalue weighted by Crippen LogP contribution is -2.37. The SMILES string of the molecule is COc1cccc(C(O)CNC(=O)C2CCC(F)(F)CC2)c1. The molecule has 1 aliphatic carbocycles. The first-order valence-corrected chi connectivity index (χ1v) is 7.39. The van der Waals surface area contributed by atoms with Crippen LogP contribution in [0.1, 0.15) is 37.4 Å². The molecule has 2 N–H and O–H groups in total. The number of hydrogen-bond donors (Lipinski definition) is 2. The minimum Gasteiger partial charge on any atom is -0.497 e. The average molecular weight is 313 g/mol. The van der Waals surface area contributed by atoms with E-state index in [9.17, 15) is 18.7 Å². The van der Waals surface area contributed by atoms with Crippen molar-refractivity contribution in [3.63, 3.8) is 0 Å². The molecule has 1 aromatic rings. The van der Waals surface area contributed by atoms with E-state index in [1.54, 1.807) is 24.3 Å². The summed E-state index contributed by atoms with van der Waals surface area (Å²) in [5, 5.41) is 12.7. The van der Waals surface area contributed by atoms with Crippen LogP contribution in [0.4, 0.5) is 8.78 Å². The minimum atomic E-state index is -2.64. The van der Waals surface area contributed by atoms with Crippen molar-refractivity contribution >= 4 is 5.91 Å². The summed E-state index contributed by atoms with van der Waals surface area (Å²) in [6, 6.07) is 6.94. The van der Waals surface area contributed by atoms with Crippen LogP contribution >= 0.6 is 0 Å². The number of nitrogens with one attached hydrogen (secondary N) is 1. The van der Waals surface area contributed by atoms with E-state index >= 15 is 0 Å². The van der Waals surface area contributed by atoms with Gasteiger partial charge in [0.15, 0.2) is 0 Å². The van der Waals surface area contributed by atoms with Crippen LogP contribution in [-0.4, -0.2) is 30.6 Å². The zero-order chi connectivity index (χ0) is 16.2. The Balaban J connectivity index is 1.83. The lowest BCUT2D eigenvalue weighted by atomic mass is 9.86. The summed E-state index contributed by atoms with van der Waals surface area (Å²) in [5.41, 5.74) is 0.634. The molecule has 22 heavy (non-hydrogen) atoms. The molecule has 0 saturated heterocycles. The first kappa shape index (κ1) is 16.7. The second-order valence-corrected chi connectivity index (χ2v) is 5.67. The second-order valence-electron chi connectivity index (χ2n) is 5.67. The van der Waals surface area contributed by atoms with Crippen molar-refractivity contribution in [3.8, 4) is 5.75 Å². The first-order valence-electron chi connectivity index (χ1n) is 7.39. The van der Waals surface area contributed by atoms with Gasteiger partial charge in [-0.3, -0.25) is 4.79 Å². The highest BCUT2D eigenvalue weighted by molar-refractivity contribution is 5.78. The molecule has 0 aliphatic heterocycles. The molecule has 0 aromatic heterocycles. The highest BCUT2D eigenvalue weighted by Crippen LogP contribution is 2.36. The molecule has 0 spiro atoms. The van der Waals surface area contributed by atoms with Crippen molar-refractivity contribution in [2.24, 2.45) is 5.92 Å². The van der Waals surface area contributed by atoms with E-state index in [1.165, 1.54) is 7.11 Å². The van der Waals surface area contributed by atoms with Crippen LogP contribution in [0.15, 0.2) is 24.3 Å². The van der Waals surface area contributed by atoms with Crippen LogP contribution in [0, 0.1) is 5.92 Å². The van der Waals surface area contributed by atoms with E-state index in [-0.39, 0.29) is 38.1 Å². The topological polar surface area (TPSA) is 58.6 Å². The number of aliphatic hydroxyl groups is 1. The molecule has 1 atom stereocenters. The summed E-state index contributed by atoms with van der Waals surface area (Å²) in [5.74, 6) is -2.68. The van der Waals surface area contributed by atoms with Crippen LogP contribution in [0.2, 0.25) is 0 Å². The molecule has 0 radical (unpaired) electrons. The predicted molar refractivity (Wildman–Crippen MR) is 77.9 cm³/mol. The maximum absolute atomic E-state index is 13.1. The molecule has 1 amide bonds. The number of carbonyl (C=O) groups excluding carboxylic acids is 1. The fourth-order valence-electron chi connectivity index (χ4n) is 2.61. The molecule has 1 unspecified atom stereocenters. The van der Waals surface area contributed by atoms with Crippen LogP contribution in [0.3, 0.4) is 0 Å². The monoisotopic (exact) mass is 313 g/mol. The molecule has 4 nitrogen and oxygen atoms in total. The molecule has 1 saturated carbocycles. The van der Waals surface area contributed by atoms with Gasteiger partial charge in [-0.15, -0.1) is 0 Å². The van der Waals surface area contributed by atoms with E-state index in [1.807, 2.05) is 0 Å². The Kier molecular flexibility index (Phi) is 5.34. The number of methoxy groups -OCH3 is 1. The Hall–Kier alpha value is -1.69. The highest BCUT2D eigenvalue weighted by Gasteiger charge is 2.37. The number of alkyl halides is 2. The van der Waals surface area contributed by atoms with Gasteiger partial charge >= 0.3 is 0 Å². The van der Waals surface area contributed by atoms with Crippen LogP contribution < -0.4 is 10.1 Å². The van der Waals surface area contributed by atoms with Gasteiger partial charge in [0, 0.05) is 25.3 Å². The molecule has 0 bridgehead atoms. The zero-order valence-electron chi connectivity index (χ0n) is 12.5. The Labute approximate surface area is 128 Å². The van der Waals surface area contributed by atoms with Gasteiger partial charge < -0.3 is 15.2 Å². The van der Waals surface area contributed by atoms with Crippen molar-refractivity contribution in [1.82, 2.24) is 5.32 Å². The van der Waals surface area contributed by atoms with Gasteiger partial charge in [0.2, 0.25) is 11.8 Å². The number of benzene rings is 1. The number of amides is 1. The van der Waals surface area contributed by atoms with Gasteiger partial charge in [-0.1, -0.05) is 12.1 Å². The Morgan fingerprint density at radius 2 is 2.14 bits per heavy atom. The molecule has 2 rings (SSSR count). The van der Waals surface area contributed by atoms with Crippen LogP contribution in [-0.2, 0) is 4.79 Å². The average Bonchev–Trinajstić information content (AvgIpc) is 2.52. The van der Waals surface area contributed by atoms with E-state index in [0.717, 1.165) is 0 Å². The fourth-order valence-corrected chi connectivity index (χ4v) is 2.61. The van der Waals surface area contributed by atoms with Crippen molar-refractivity contribution in [1.29, 1.82) is 0 Å². The van der Waals surface area contributed by atoms with Gasteiger partial charge in [-0.05, 0) is 30.5 Å². The van der Waals surface area contributed by atoms with Gasteiger partial charge in [0.25, 0.3) is 0 Å². The summed E-state index contributed by atoms with van der Waals surface area (Å²) < 4.78 is 31.2. The molecule has 1 aliphatic rings. The van der Waals surface area contributed by atoms with Crippen molar-refractivity contribution in [2.75, 3.05) is 13.7 Å². The summed E-state index contributed by atoms with van der Waals surface area (Å²) in [6.07, 6.45) is -0.973. The summed E-state index contributed by atoms with van der Waals surface area (Å²) >= 11 is 0. The largest absolute Gasteiger partial charge is 0.497 e. The third-order valence-electron chi connectivity index (χ3n) is 4.04. The molecular weight excluding hydrogens is 292 g/mol. The van der Waals surface area contributed by atoms with Crippen molar-refractivity contribution in [3.05, 3.63) is 29.8 Å². The molecular formula is C16H21F2NO3. The third-order valence-corrected chi connectivity index (χ3v) is 4.04. The number of carbonyl (C=O) groups is 1. The lowest BCUT2D eigenvalue weighted by molar-refractivity contribution is -0.129. The number of rotatable bonds is 5. The smallest absolute Gasteiger partial charge is 0.248 e. The number of aliphatic hydroxyl groups excluding tert-OH is 1. The minimum absolute atomic E-state index is 0.0545. The first-order chi connectivity index (χ1) is 10.4. The van der Waals surface area contributed by atoms with Crippen LogP contribution in [0.5, 0.6) is 5.75 Å². The third kappa shape index (κ3) is 4.40. The lowest BCUT2D eigenvalue weighted by Gasteiger charge is -2.27. The maximum atomic E-state index is 13.1. The van der Waals surface area contributed by atoms with E-state index in [0.29, 0.717) is 11.3 Å². The van der Waals surface area contributed by atoms with E-state index in [2.05, 4.69) is 5.32 Å². The summed E-state index contributed by atoms with van der Waals surface area (Å²) in [4.78, 5) is 12.0. The van der Waals surface area contributed by atoms with Crippen molar-refractivity contribution in [2.45, 2.75) is 37.7 Å². The van der Waals surface area contributed by atoms with Gasteiger partial charge in [-0.25, -0.2) is 8.78 Å². The predicted octanol–water partition coefficient (Wildman–Crippen LogP) is 2.67. The highest BCUT2D eigenvalue weighted by atomic mass is 19.3. The van der Waals surface area contributed by atoms with Gasteiger partial charge in [0.05, 0.1) is 13.2 Å². The van der Waals surface area contributed by atoms with E-state index < -0.39 is 17.9 Å². The molecule has 122 valence electrons. The standard InChI is InChI=1S/C16H21F2NO3/c1-22-13-4-2-3-12(9-13)14(20)10-19-15(21)11-5-7-16(17,18)8-6-11/h2-4,9,11,14,20H,5-8,10H2,1H3,(H,19,21). The Morgan fingerprint density at radius 3 is 2.77 bits per heavy atom. The van der Waals surface area contributed by atoms with Crippen LogP contribution in [0.25, 0.3) is 0 Å². The van der Waals surface area contributed by atoms with Gasteiger partial charge in [0.1, 0.15) is 5.75 Å². The number of ether oxygens (including phenoxy) is 1. The summed E-state index contributed by atoms with van der Waals surface area (Å²) in [6.45, 7) is 0.0545. The number of hydrogen-bond acceptors (Lipinski definition) is 3. The second kappa shape index (κ2) is 7.05. The summed E-state index contributed by atoms with van der Waals surface area (Å²) in [7, 11) is 1.53. The van der Waals surface area contributed by atoms with Crippen molar-refractivity contribution < 1.29 is 23.4 Å². The zero-order valence-corrected chi connectivity index (χ0v) is 12.5. The quantitative estimate of drug-likeness (QED) is 0.878. The van der Waals surface area contributed by atoms with Gasteiger partial charge in [-0.2, -0.15) is 0 Å². The molecule has 1 fully saturated rings. The maximum Gasteiger partial charge on any atom is 0.248 e. The molecule has 0 heterocycles. The number of halogens is 2. The fraction of sp³-hybridized carbons (Fsp3) is 0.562. The molecule has 1 aromatic carbocycles. The normalized spacial score (nSPS) is 19.5. The Bertz CT molecular complexity index is 512. The molecule has 6 heteroatoms. The Morgan fingerprint density at radius 1 is 1.45 bits per heavy atom.